The Hall–Kier alpha value is -2.18. The van der Waals surface area contributed by atoms with Crippen molar-refractivity contribution in [3.05, 3.63) is 42.5 Å². The van der Waals surface area contributed by atoms with E-state index in [4.69, 9.17) is 16.2 Å². The Kier molecular flexibility index (Phi) is 4.29. The van der Waals surface area contributed by atoms with E-state index in [-0.39, 0.29) is 6.01 Å². The zero-order chi connectivity index (χ0) is 19.3. The Balaban J connectivity index is 1.51. The van der Waals surface area contributed by atoms with Crippen molar-refractivity contribution >= 4 is 30.9 Å². The molecule has 3 aliphatic heterocycles. The van der Waals surface area contributed by atoms with Gasteiger partial charge >= 0.3 is 7.98 Å². The molecule has 0 saturated carbocycles. The lowest BCUT2D eigenvalue weighted by Gasteiger charge is -2.52. The molecule has 1 aromatic heterocycles. The quantitative estimate of drug-likeness (QED) is 0.688. The minimum absolute atomic E-state index is 0.113. The van der Waals surface area contributed by atoms with E-state index in [1.165, 1.54) is 36.9 Å². The molecule has 144 valence electrons. The standard InChI is InChI=1S/C21H23BClN3O2/c22-26-10-8-14(9-11-26)16(13-26)12-25-19-3-1-2-18(20(19)24-21(25)27)15-4-6-17(28-23)7-5-15/h1-7,14,16H,8-13,22H2/p+1. The summed E-state index contributed by atoms with van der Waals surface area (Å²) in [7, 11) is 2.38. The van der Waals surface area contributed by atoms with E-state index >= 15 is 0 Å². The smallest absolute Gasteiger partial charge is 0.372 e. The van der Waals surface area contributed by atoms with Crippen molar-refractivity contribution in [1.29, 1.82) is 0 Å². The molecule has 0 amide bonds. The number of nitrogens with zero attached hydrogens (tertiary/aromatic N) is 3. The summed E-state index contributed by atoms with van der Waals surface area (Å²) in [6.07, 6.45) is 2.60. The molecule has 1 atom stereocenters. The van der Waals surface area contributed by atoms with Crippen LogP contribution in [0.3, 0.4) is 0 Å². The first-order chi connectivity index (χ1) is 13.6. The van der Waals surface area contributed by atoms with Gasteiger partial charge in [-0.1, -0.05) is 24.3 Å². The summed E-state index contributed by atoms with van der Waals surface area (Å²) < 4.78 is 7.93. The first-order valence-corrected chi connectivity index (χ1v) is 10.3. The second-order valence-electron chi connectivity index (χ2n) is 8.64. The van der Waals surface area contributed by atoms with Crippen molar-refractivity contribution in [2.75, 3.05) is 19.6 Å². The first-order valence-electron chi connectivity index (χ1n) is 9.97. The molecular weight excluding hydrogens is 373 g/mol. The van der Waals surface area contributed by atoms with E-state index in [0.29, 0.717) is 11.7 Å². The van der Waals surface area contributed by atoms with Crippen LogP contribution < -0.4 is 4.29 Å². The summed E-state index contributed by atoms with van der Waals surface area (Å²) in [6.45, 7) is 4.63. The van der Waals surface area contributed by atoms with Gasteiger partial charge in [-0.3, -0.25) is 4.57 Å². The maximum atomic E-state index is 10.7. The van der Waals surface area contributed by atoms with Crippen LogP contribution >= 0.6 is 11.9 Å². The molecule has 3 aromatic rings. The number of aromatic hydroxyl groups is 1. The summed E-state index contributed by atoms with van der Waals surface area (Å²) in [4.78, 5) is 4.53. The molecular formula is C21H24BClN3O2+. The Morgan fingerprint density at radius 3 is 2.61 bits per heavy atom. The van der Waals surface area contributed by atoms with Gasteiger partial charge in [0.25, 0.3) is 6.01 Å². The highest BCUT2D eigenvalue weighted by molar-refractivity contribution is 6.09. The number of piperidine rings is 3. The fraction of sp³-hybridized carbons (Fsp3) is 0.381. The summed E-state index contributed by atoms with van der Waals surface area (Å²) in [6, 6.07) is 13.8. The van der Waals surface area contributed by atoms with Gasteiger partial charge < -0.3 is 13.8 Å². The van der Waals surface area contributed by atoms with Gasteiger partial charge in [-0.15, -0.1) is 0 Å². The van der Waals surface area contributed by atoms with Gasteiger partial charge in [0.05, 0.1) is 25.2 Å². The van der Waals surface area contributed by atoms with Crippen molar-refractivity contribution in [3.63, 3.8) is 0 Å². The maximum Gasteiger partial charge on any atom is 0.372 e. The zero-order valence-electron chi connectivity index (χ0n) is 16.0. The van der Waals surface area contributed by atoms with Gasteiger partial charge in [0, 0.05) is 18.0 Å². The third kappa shape index (κ3) is 2.95. The lowest BCUT2D eigenvalue weighted by molar-refractivity contribution is -0.841. The predicted octanol–water partition coefficient (Wildman–Crippen LogP) is 3.35. The molecule has 3 fully saturated rings. The van der Waals surface area contributed by atoms with Crippen molar-refractivity contribution in [2.24, 2.45) is 11.8 Å². The van der Waals surface area contributed by atoms with Gasteiger partial charge in [0.2, 0.25) is 0 Å². The number of hydrogen-bond donors (Lipinski definition) is 1. The molecule has 0 aliphatic carbocycles. The summed E-state index contributed by atoms with van der Waals surface area (Å²) in [5.41, 5.74) is 3.85. The topological polar surface area (TPSA) is 47.3 Å². The van der Waals surface area contributed by atoms with Gasteiger partial charge in [0.1, 0.15) is 23.1 Å². The highest BCUT2D eigenvalue weighted by Crippen LogP contribution is 2.39. The minimum atomic E-state index is 0.113. The lowest BCUT2D eigenvalue weighted by atomic mass is 9.75. The molecule has 1 unspecified atom stereocenters. The number of fused-ring (bicyclic) bond motifs is 4. The van der Waals surface area contributed by atoms with Crippen molar-refractivity contribution < 1.29 is 13.8 Å². The van der Waals surface area contributed by atoms with E-state index in [9.17, 15) is 5.11 Å². The molecule has 7 heteroatoms. The monoisotopic (exact) mass is 396 g/mol. The SMILES string of the molecule is B[N+]12CCC(CC1)C(Cn1c(O)nc3c(-c4ccc(OCl)cc4)cccc31)C2. The van der Waals surface area contributed by atoms with Gasteiger partial charge in [-0.05, 0) is 42.5 Å². The van der Waals surface area contributed by atoms with Crippen LogP contribution in [-0.4, -0.2) is 46.7 Å². The number of halogens is 1. The van der Waals surface area contributed by atoms with Gasteiger partial charge in [-0.25, -0.2) is 0 Å². The lowest BCUT2D eigenvalue weighted by Crippen LogP contribution is -2.60. The Morgan fingerprint density at radius 2 is 1.93 bits per heavy atom. The highest BCUT2D eigenvalue weighted by Gasteiger charge is 2.42. The summed E-state index contributed by atoms with van der Waals surface area (Å²) >= 11 is 5.42. The van der Waals surface area contributed by atoms with Crippen LogP contribution in [-0.2, 0) is 6.54 Å². The van der Waals surface area contributed by atoms with E-state index < -0.39 is 0 Å². The van der Waals surface area contributed by atoms with Gasteiger partial charge in [0.15, 0.2) is 0 Å². The number of imidazole rings is 1. The fourth-order valence-electron chi connectivity index (χ4n) is 5.26. The molecule has 2 bridgehead atoms. The largest absolute Gasteiger partial charge is 0.480 e. The molecule has 6 rings (SSSR count). The average Bonchev–Trinajstić information content (AvgIpc) is 3.03. The molecule has 4 heterocycles. The number of hydrogen-bond acceptors (Lipinski definition) is 3. The first kappa shape index (κ1) is 17.9. The normalized spacial score (nSPS) is 26.6. The molecule has 0 radical (unpaired) electrons. The molecule has 2 aromatic carbocycles. The number of aromatic nitrogens is 2. The summed E-state index contributed by atoms with van der Waals surface area (Å²) in [5.74, 6) is 1.97. The Morgan fingerprint density at radius 1 is 1.18 bits per heavy atom. The molecule has 5 nitrogen and oxygen atoms in total. The maximum absolute atomic E-state index is 10.7. The van der Waals surface area contributed by atoms with Gasteiger partial charge in [-0.2, -0.15) is 4.98 Å². The second kappa shape index (κ2) is 6.71. The fourth-order valence-corrected chi connectivity index (χ4v) is 5.36. The number of benzene rings is 2. The number of quaternary nitrogens is 1. The second-order valence-corrected chi connectivity index (χ2v) is 8.80. The van der Waals surface area contributed by atoms with Crippen LogP contribution in [0.2, 0.25) is 0 Å². The molecule has 1 N–H and O–H groups in total. The third-order valence-electron chi connectivity index (χ3n) is 6.85. The van der Waals surface area contributed by atoms with E-state index in [0.717, 1.165) is 34.6 Å². The highest BCUT2D eigenvalue weighted by atomic mass is 35.5. The van der Waals surface area contributed by atoms with E-state index in [2.05, 4.69) is 19.0 Å². The molecule has 3 saturated heterocycles. The zero-order valence-corrected chi connectivity index (χ0v) is 16.8. The molecule has 28 heavy (non-hydrogen) atoms. The van der Waals surface area contributed by atoms with Crippen molar-refractivity contribution in [1.82, 2.24) is 9.55 Å². The average molecular weight is 397 g/mol. The van der Waals surface area contributed by atoms with E-state index in [1.807, 2.05) is 41.0 Å². The predicted molar refractivity (Wildman–Crippen MR) is 113 cm³/mol. The van der Waals surface area contributed by atoms with E-state index in [1.54, 1.807) is 0 Å². The summed E-state index contributed by atoms with van der Waals surface area (Å²) in [5, 5.41) is 10.7. The molecule has 3 aliphatic rings. The van der Waals surface area contributed by atoms with Crippen LogP contribution in [0.5, 0.6) is 11.8 Å². The third-order valence-corrected chi connectivity index (χ3v) is 7.03. The Bertz CT molecular complexity index is 1010. The number of rotatable bonds is 4. The molecule has 0 spiro atoms. The van der Waals surface area contributed by atoms with Crippen LogP contribution in [0.4, 0.5) is 0 Å². The van der Waals surface area contributed by atoms with Crippen LogP contribution in [0.1, 0.15) is 12.8 Å². The van der Waals surface area contributed by atoms with Crippen LogP contribution in [0, 0.1) is 11.8 Å². The van der Waals surface area contributed by atoms with Crippen molar-refractivity contribution in [3.8, 4) is 22.9 Å². The van der Waals surface area contributed by atoms with Crippen LogP contribution in [0.25, 0.3) is 22.2 Å². The number of para-hydroxylation sites is 1. The van der Waals surface area contributed by atoms with Crippen LogP contribution in [0.15, 0.2) is 42.5 Å². The van der Waals surface area contributed by atoms with Crippen molar-refractivity contribution in [2.45, 2.75) is 19.4 Å². The minimum Gasteiger partial charge on any atom is -0.480 e. The Labute approximate surface area is 170 Å².